The summed E-state index contributed by atoms with van der Waals surface area (Å²) in [6, 6.07) is 0. The van der Waals surface area contributed by atoms with E-state index in [4.69, 9.17) is 4.74 Å². The molecule has 0 unspecified atom stereocenters. The average Bonchev–Trinajstić information content (AvgIpc) is 2.82. The molecule has 3 nitrogen and oxygen atoms in total. The third-order valence-corrected chi connectivity index (χ3v) is 2.31. The van der Waals surface area contributed by atoms with E-state index in [1.165, 1.54) is 0 Å². The van der Waals surface area contributed by atoms with Gasteiger partial charge in [0.1, 0.15) is 5.60 Å². The monoisotopic (exact) mass is 157 g/mol. The van der Waals surface area contributed by atoms with Crippen LogP contribution in [0.15, 0.2) is 0 Å². The van der Waals surface area contributed by atoms with E-state index >= 15 is 0 Å². The minimum absolute atomic E-state index is 0.127. The van der Waals surface area contributed by atoms with Crippen LogP contribution in [0.25, 0.3) is 0 Å². The van der Waals surface area contributed by atoms with Gasteiger partial charge >= 0.3 is 0 Å². The molecule has 1 fully saturated rings. The summed E-state index contributed by atoms with van der Waals surface area (Å²) < 4.78 is 5.14. The van der Waals surface area contributed by atoms with Crippen LogP contribution in [0.5, 0.6) is 0 Å². The zero-order valence-corrected chi connectivity index (χ0v) is 7.39. The average molecular weight is 157 g/mol. The molecule has 0 bridgehead atoms. The minimum Gasteiger partial charge on any atom is -0.368 e. The van der Waals surface area contributed by atoms with Crippen molar-refractivity contribution < 1.29 is 9.53 Å². The van der Waals surface area contributed by atoms with E-state index in [-0.39, 0.29) is 5.91 Å². The lowest BCUT2D eigenvalue weighted by molar-refractivity contribution is -0.143. The number of amides is 1. The Balaban J connectivity index is 2.53. The third-order valence-electron chi connectivity index (χ3n) is 2.31. The Bertz CT molecular complexity index is 163. The van der Waals surface area contributed by atoms with Crippen molar-refractivity contribution in [1.82, 2.24) is 4.90 Å². The van der Waals surface area contributed by atoms with Crippen molar-refractivity contribution in [2.45, 2.75) is 25.4 Å². The van der Waals surface area contributed by atoms with Crippen LogP contribution in [0.2, 0.25) is 0 Å². The number of rotatable bonds is 3. The Morgan fingerprint density at radius 1 is 1.64 bits per heavy atom. The van der Waals surface area contributed by atoms with Gasteiger partial charge in [0, 0.05) is 20.7 Å². The van der Waals surface area contributed by atoms with Gasteiger partial charge in [-0.2, -0.15) is 0 Å². The summed E-state index contributed by atoms with van der Waals surface area (Å²) in [5, 5.41) is 0. The number of carbonyl (C=O) groups is 1. The number of hydrogen-bond acceptors (Lipinski definition) is 2. The summed E-state index contributed by atoms with van der Waals surface area (Å²) in [4.78, 5) is 13.2. The molecule has 0 aromatic heterocycles. The lowest BCUT2D eigenvalue weighted by Gasteiger charge is -2.20. The van der Waals surface area contributed by atoms with E-state index in [0.717, 1.165) is 19.4 Å². The van der Waals surface area contributed by atoms with Crippen LogP contribution in [-0.4, -0.2) is 37.1 Å². The molecule has 64 valence electrons. The van der Waals surface area contributed by atoms with Crippen molar-refractivity contribution in [3.8, 4) is 0 Å². The molecule has 1 aliphatic rings. The Kier molecular flexibility index (Phi) is 2.18. The molecule has 0 atom stereocenters. The summed E-state index contributed by atoms with van der Waals surface area (Å²) in [6.45, 7) is 2.72. The van der Waals surface area contributed by atoms with E-state index in [2.05, 4.69) is 0 Å². The number of methoxy groups -OCH3 is 1. The predicted octanol–water partition coefficient (Wildman–Crippen LogP) is 0.644. The fourth-order valence-electron chi connectivity index (χ4n) is 1.11. The number of hydrogen-bond donors (Lipinski definition) is 0. The normalized spacial score (nSPS) is 19.5. The highest BCUT2D eigenvalue weighted by molar-refractivity contribution is 5.87. The predicted molar refractivity (Wildman–Crippen MR) is 42.3 cm³/mol. The summed E-state index contributed by atoms with van der Waals surface area (Å²) in [7, 11) is 3.41. The van der Waals surface area contributed by atoms with Gasteiger partial charge in [0.05, 0.1) is 0 Å². The number of ether oxygens (including phenoxy) is 1. The molecule has 0 spiro atoms. The van der Waals surface area contributed by atoms with Crippen molar-refractivity contribution in [1.29, 1.82) is 0 Å². The number of likely N-dealkylation sites (N-methyl/N-ethyl adjacent to an activating group) is 1. The maximum atomic E-state index is 11.5. The van der Waals surface area contributed by atoms with Crippen molar-refractivity contribution >= 4 is 5.91 Å². The SMILES string of the molecule is CCN(C)C(=O)C1(OC)CC1. The van der Waals surface area contributed by atoms with Gasteiger partial charge in [0.15, 0.2) is 0 Å². The van der Waals surface area contributed by atoms with Gasteiger partial charge in [-0.25, -0.2) is 0 Å². The maximum Gasteiger partial charge on any atom is 0.254 e. The Morgan fingerprint density at radius 3 is 2.45 bits per heavy atom. The number of carbonyl (C=O) groups excluding carboxylic acids is 1. The third kappa shape index (κ3) is 1.38. The maximum absolute atomic E-state index is 11.5. The Labute approximate surface area is 67.3 Å². The lowest BCUT2D eigenvalue weighted by Crippen LogP contribution is -2.38. The molecule has 1 amide bonds. The van der Waals surface area contributed by atoms with Gasteiger partial charge in [-0.3, -0.25) is 4.79 Å². The second-order valence-electron chi connectivity index (χ2n) is 3.02. The largest absolute Gasteiger partial charge is 0.368 e. The van der Waals surface area contributed by atoms with Crippen molar-refractivity contribution in [3.63, 3.8) is 0 Å². The van der Waals surface area contributed by atoms with Crippen LogP contribution in [0, 0.1) is 0 Å². The standard InChI is InChI=1S/C8H15NO2/c1-4-9(2)7(10)8(11-3)5-6-8/h4-6H2,1-3H3. The van der Waals surface area contributed by atoms with Crippen LogP contribution in [-0.2, 0) is 9.53 Å². The quantitative estimate of drug-likeness (QED) is 0.601. The molecule has 0 N–H and O–H groups in total. The van der Waals surface area contributed by atoms with Gasteiger partial charge < -0.3 is 9.64 Å². The molecule has 0 aromatic carbocycles. The molecular formula is C8H15NO2. The fraction of sp³-hybridized carbons (Fsp3) is 0.875. The highest BCUT2D eigenvalue weighted by atomic mass is 16.5. The Hall–Kier alpha value is -0.570. The molecule has 0 heterocycles. The van der Waals surface area contributed by atoms with Gasteiger partial charge in [-0.1, -0.05) is 0 Å². The van der Waals surface area contributed by atoms with E-state index in [9.17, 15) is 4.79 Å². The minimum atomic E-state index is -0.440. The molecule has 11 heavy (non-hydrogen) atoms. The second-order valence-corrected chi connectivity index (χ2v) is 3.02. The van der Waals surface area contributed by atoms with E-state index < -0.39 is 5.60 Å². The second kappa shape index (κ2) is 2.81. The molecule has 0 aromatic rings. The van der Waals surface area contributed by atoms with Crippen molar-refractivity contribution in [2.24, 2.45) is 0 Å². The molecule has 0 aliphatic heterocycles. The highest BCUT2D eigenvalue weighted by Crippen LogP contribution is 2.40. The topological polar surface area (TPSA) is 29.5 Å². The van der Waals surface area contributed by atoms with Gasteiger partial charge in [0.2, 0.25) is 0 Å². The molecule has 3 heteroatoms. The molecule has 1 aliphatic carbocycles. The van der Waals surface area contributed by atoms with E-state index in [1.54, 1.807) is 19.1 Å². The molecular weight excluding hydrogens is 142 g/mol. The summed E-state index contributed by atoms with van der Waals surface area (Å²) in [5.41, 5.74) is -0.440. The lowest BCUT2D eigenvalue weighted by atomic mass is 10.3. The first kappa shape index (κ1) is 8.53. The smallest absolute Gasteiger partial charge is 0.254 e. The zero-order chi connectivity index (χ0) is 8.48. The summed E-state index contributed by atoms with van der Waals surface area (Å²) >= 11 is 0. The van der Waals surface area contributed by atoms with Crippen LogP contribution in [0.4, 0.5) is 0 Å². The van der Waals surface area contributed by atoms with E-state index in [0.29, 0.717) is 0 Å². The van der Waals surface area contributed by atoms with Crippen LogP contribution in [0.1, 0.15) is 19.8 Å². The van der Waals surface area contributed by atoms with Crippen molar-refractivity contribution in [2.75, 3.05) is 20.7 Å². The van der Waals surface area contributed by atoms with Crippen LogP contribution in [0.3, 0.4) is 0 Å². The molecule has 0 radical (unpaired) electrons. The summed E-state index contributed by atoms with van der Waals surface area (Å²) in [6.07, 6.45) is 1.76. The van der Waals surface area contributed by atoms with E-state index in [1.807, 2.05) is 6.92 Å². The fourth-order valence-corrected chi connectivity index (χ4v) is 1.11. The van der Waals surface area contributed by atoms with Crippen molar-refractivity contribution in [3.05, 3.63) is 0 Å². The first-order valence-corrected chi connectivity index (χ1v) is 3.97. The van der Waals surface area contributed by atoms with Crippen LogP contribution >= 0.6 is 0 Å². The van der Waals surface area contributed by atoms with Gasteiger partial charge in [-0.05, 0) is 19.8 Å². The van der Waals surface area contributed by atoms with Crippen LogP contribution < -0.4 is 0 Å². The molecule has 1 rings (SSSR count). The summed E-state index contributed by atoms with van der Waals surface area (Å²) in [5.74, 6) is 0.127. The molecule has 0 saturated heterocycles. The zero-order valence-electron chi connectivity index (χ0n) is 7.39. The first-order chi connectivity index (χ1) is 5.16. The highest BCUT2D eigenvalue weighted by Gasteiger charge is 2.51. The Morgan fingerprint density at radius 2 is 2.18 bits per heavy atom. The molecule has 1 saturated carbocycles. The number of nitrogens with zero attached hydrogens (tertiary/aromatic N) is 1. The first-order valence-electron chi connectivity index (χ1n) is 3.97. The van der Waals surface area contributed by atoms with Gasteiger partial charge in [0.25, 0.3) is 5.91 Å². The van der Waals surface area contributed by atoms with Gasteiger partial charge in [-0.15, -0.1) is 0 Å².